The number of likely N-dealkylation sites (tertiary alicyclic amines) is 1. The van der Waals surface area contributed by atoms with Crippen LogP contribution < -0.4 is 16.4 Å². The third kappa shape index (κ3) is 5.29. The third-order valence-electron chi connectivity index (χ3n) is 5.08. The molecule has 0 radical (unpaired) electrons. The number of benzene rings is 1. The predicted octanol–water partition coefficient (Wildman–Crippen LogP) is 1.17. The second-order valence-electron chi connectivity index (χ2n) is 7.16. The Balaban J connectivity index is 1.47. The second kappa shape index (κ2) is 9.61. The van der Waals surface area contributed by atoms with E-state index in [0.29, 0.717) is 31.9 Å². The van der Waals surface area contributed by atoms with Crippen LogP contribution in [0.4, 0.5) is 19.7 Å². The average molecular weight is 423 g/mol. The molecule has 164 valence electrons. The first-order valence-corrected chi connectivity index (χ1v) is 9.64. The molecule has 3 rings (SSSR count). The number of halogens is 1. The van der Waals surface area contributed by atoms with Crippen molar-refractivity contribution in [1.82, 2.24) is 4.90 Å². The largest absolute Gasteiger partial charge is 0.453 e. The van der Waals surface area contributed by atoms with Gasteiger partial charge in [-0.1, -0.05) is 12.1 Å². The minimum Gasteiger partial charge on any atom is -0.453 e. The Labute approximate surface area is 173 Å². The minimum absolute atomic E-state index is 0.00225. The van der Waals surface area contributed by atoms with Crippen LogP contribution in [0.2, 0.25) is 0 Å². The Kier molecular flexibility index (Phi) is 6.93. The normalized spacial score (nSPS) is 17.3. The number of rotatable bonds is 5. The maximum absolute atomic E-state index is 14.8. The number of ether oxygens (including phenoxy) is 3. The molecule has 2 aliphatic rings. The van der Waals surface area contributed by atoms with Crippen molar-refractivity contribution < 1.29 is 28.2 Å². The maximum atomic E-state index is 14.8. The molecule has 11 heteroatoms. The van der Waals surface area contributed by atoms with Crippen LogP contribution in [0.5, 0.6) is 0 Å². The summed E-state index contributed by atoms with van der Waals surface area (Å²) in [6.07, 6.45) is 0.275. The average Bonchev–Trinajstić information content (AvgIpc) is 2.69. The fourth-order valence-corrected chi connectivity index (χ4v) is 3.50. The third-order valence-corrected chi connectivity index (χ3v) is 5.08. The van der Waals surface area contributed by atoms with Crippen LogP contribution in [0, 0.1) is 5.82 Å². The summed E-state index contributed by atoms with van der Waals surface area (Å²) in [5, 5.41) is 0. The molecule has 4 N–H and O–H groups in total. The number of anilines is 1. The van der Waals surface area contributed by atoms with Gasteiger partial charge in [0.05, 0.1) is 25.0 Å². The minimum atomic E-state index is -0.976. The van der Waals surface area contributed by atoms with Crippen LogP contribution in [0.3, 0.4) is 0 Å². The number of carbonyl (C=O) groups is 2. The van der Waals surface area contributed by atoms with Gasteiger partial charge in [0.2, 0.25) is 0 Å². The van der Waals surface area contributed by atoms with Gasteiger partial charge >= 0.3 is 12.2 Å². The Hall–Kier alpha value is -3.08. The molecule has 2 aliphatic heterocycles. The van der Waals surface area contributed by atoms with E-state index in [4.69, 9.17) is 25.7 Å². The van der Waals surface area contributed by atoms with Crippen LogP contribution in [-0.4, -0.2) is 68.5 Å². The highest BCUT2D eigenvalue weighted by Gasteiger charge is 2.33. The lowest BCUT2D eigenvalue weighted by Gasteiger charge is -2.43. The highest BCUT2D eigenvalue weighted by Crippen LogP contribution is 2.29. The first-order chi connectivity index (χ1) is 14.4. The van der Waals surface area contributed by atoms with Gasteiger partial charge in [-0.15, -0.1) is 4.99 Å². The van der Waals surface area contributed by atoms with Crippen molar-refractivity contribution >= 4 is 23.8 Å². The van der Waals surface area contributed by atoms with E-state index in [-0.39, 0.29) is 30.5 Å². The lowest BCUT2D eigenvalue weighted by atomic mass is 10.1. The zero-order valence-electron chi connectivity index (χ0n) is 16.8. The van der Waals surface area contributed by atoms with Gasteiger partial charge < -0.3 is 35.5 Å². The van der Waals surface area contributed by atoms with Gasteiger partial charge in [-0.2, -0.15) is 0 Å². The van der Waals surface area contributed by atoms with E-state index in [0.717, 1.165) is 12.8 Å². The number of nitrogens with zero attached hydrogens (tertiary/aromatic N) is 3. The highest BCUT2D eigenvalue weighted by molar-refractivity contribution is 5.87. The quantitative estimate of drug-likeness (QED) is 0.533. The highest BCUT2D eigenvalue weighted by atomic mass is 19.1. The van der Waals surface area contributed by atoms with E-state index in [1.165, 1.54) is 13.2 Å². The summed E-state index contributed by atoms with van der Waals surface area (Å²) in [4.78, 5) is 29.7. The molecule has 0 bridgehead atoms. The van der Waals surface area contributed by atoms with Crippen LogP contribution >= 0.6 is 0 Å². The lowest BCUT2D eigenvalue weighted by Crippen LogP contribution is -2.55. The predicted molar refractivity (Wildman–Crippen MR) is 106 cm³/mol. The SMILES string of the molecule is COC(=O)N1CCC(OC2CN(c3cccc(COC(=O)N=C(N)N)c3F)C2)CC1. The number of hydrogen-bond donors (Lipinski definition) is 2. The molecule has 0 aliphatic carbocycles. The fraction of sp³-hybridized carbons (Fsp3) is 0.526. The lowest BCUT2D eigenvalue weighted by molar-refractivity contribution is -0.0508. The number of aliphatic imine (C=N–C) groups is 1. The van der Waals surface area contributed by atoms with E-state index in [9.17, 15) is 14.0 Å². The summed E-state index contributed by atoms with van der Waals surface area (Å²) in [7, 11) is 1.37. The summed E-state index contributed by atoms with van der Waals surface area (Å²) >= 11 is 0. The van der Waals surface area contributed by atoms with Gasteiger partial charge in [-0.05, 0) is 18.9 Å². The summed E-state index contributed by atoms with van der Waals surface area (Å²) in [5.74, 6) is -0.878. The van der Waals surface area contributed by atoms with Gasteiger partial charge in [0, 0.05) is 31.7 Å². The molecule has 0 aromatic heterocycles. The molecule has 10 nitrogen and oxygen atoms in total. The summed E-state index contributed by atoms with van der Waals surface area (Å²) in [6, 6.07) is 4.89. The second-order valence-corrected chi connectivity index (χ2v) is 7.16. The molecule has 0 spiro atoms. The molecule has 2 saturated heterocycles. The van der Waals surface area contributed by atoms with Crippen molar-refractivity contribution in [2.24, 2.45) is 16.5 Å². The topological polar surface area (TPSA) is 133 Å². The molecule has 1 aromatic carbocycles. The number of hydrogen-bond acceptors (Lipinski definition) is 6. The zero-order chi connectivity index (χ0) is 21.7. The van der Waals surface area contributed by atoms with E-state index in [1.807, 2.05) is 4.90 Å². The Morgan fingerprint density at radius 2 is 1.90 bits per heavy atom. The molecular weight excluding hydrogens is 397 g/mol. The first kappa shape index (κ1) is 21.6. The number of carbonyl (C=O) groups excluding carboxylic acids is 2. The van der Waals surface area contributed by atoms with Crippen LogP contribution in [0.15, 0.2) is 23.2 Å². The van der Waals surface area contributed by atoms with Crippen molar-refractivity contribution in [3.63, 3.8) is 0 Å². The monoisotopic (exact) mass is 423 g/mol. The fourth-order valence-electron chi connectivity index (χ4n) is 3.50. The molecule has 2 fully saturated rings. The van der Waals surface area contributed by atoms with E-state index < -0.39 is 17.9 Å². The van der Waals surface area contributed by atoms with E-state index >= 15 is 0 Å². The van der Waals surface area contributed by atoms with Crippen molar-refractivity contribution in [3.8, 4) is 0 Å². The van der Waals surface area contributed by atoms with E-state index in [1.54, 1.807) is 17.0 Å². The van der Waals surface area contributed by atoms with Gasteiger partial charge in [-0.25, -0.2) is 14.0 Å². The summed E-state index contributed by atoms with van der Waals surface area (Å²) in [6.45, 7) is 2.05. The first-order valence-electron chi connectivity index (χ1n) is 9.64. The molecule has 2 heterocycles. The van der Waals surface area contributed by atoms with Crippen LogP contribution in [0.1, 0.15) is 18.4 Å². The van der Waals surface area contributed by atoms with Crippen molar-refractivity contribution in [1.29, 1.82) is 0 Å². The molecule has 0 atom stereocenters. The molecular formula is C19H26FN5O5. The van der Waals surface area contributed by atoms with Gasteiger partial charge in [0.25, 0.3) is 0 Å². The zero-order valence-corrected chi connectivity index (χ0v) is 16.8. The molecule has 0 unspecified atom stereocenters. The number of amides is 2. The molecule has 30 heavy (non-hydrogen) atoms. The Morgan fingerprint density at radius 1 is 1.20 bits per heavy atom. The summed E-state index contributed by atoms with van der Waals surface area (Å²) < 4.78 is 30.4. The van der Waals surface area contributed by atoms with Crippen molar-refractivity contribution in [3.05, 3.63) is 29.6 Å². The molecule has 0 saturated carbocycles. The maximum Gasteiger partial charge on any atom is 0.437 e. The van der Waals surface area contributed by atoms with Gasteiger partial charge in [0.15, 0.2) is 11.8 Å². The van der Waals surface area contributed by atoms with Crippen molar-refractivity contribution in [2.75, 3.05) is 38.2 Å². The smallest absolute Gasteiger partial charge is 0.437 e. The van der Waals surface area contributed by atoms with Gasteiger partial charge in [0.1, 0.15) is 6.61 Å². The van der Waals surface area contributed by atoms with Crippen LogP contribution in [0.25, 0.3) is 0 Å². The molecule has 1 aromatic rings. The van der Waals surface area contributed by atoms with Crippen LogP contribution in [-0.2, 0) is 20.8 Å². The Bertz CT molecular complexity index is 803. The number of piperidine rings is 1. The van der Waals surface area contributed by atoms with Gasteiger partial charge in [-0.3, -0.25) is 0 Å². The standard InChI is InChI=1S/C19H26FN5O5/c1-28-19(27)24-7-5-13(6-8-24)30-14-9-25(10-14)15-4-2-3-12(16(15)20)11-29-18(26)23-17(21)22/h2-4,13-14H,5-11H2,1H3,(H4,21,22,23,26). The van der Waals surface area contributed by atoms with E-state index in [2.05, 4.69) is 4.99 Å². The Morgan fingerprint density at radius 3 is 2.53 bits per heavy atom. The number of methoxy groups -OCH3 is 1. The number of guanidine groups is 1. The van der Waals surface area contributed by atoms with Crippen molar-refractivity contribution in [2.45, 2.75) is 31.7 Å². The number of nitrogens with two attached hydrogens (primary N) is 2. The summed E-state index contributed by atoms with van der Waals surface area (Å²) in [5.41, 5.74) is 10.8. The molecule has 2 amide bonds.